The van der Waals surface area contributed by atoms with E-state index in [0.717, 1.165) is 61.6 Å². The summed E-state index contributed by atoms with van der Waals surface area (Å²) in [6.07, 6.45) is 0. The molecule has 0 aliphatic rings. The Kier molecular flexibility index (Phi) is 8.24. The van der Waals surface area contributed by atoms with Crippen molar-refractivity contribution < 1.29 is 4.42 Å². The van der Waals surface area contributed by atoms with Crippen molar-refractivity contribution in [1.82, 2.24) is 0 Å². The Morgan fingerprint density at radius 2 is 0.654 bits per heavy atom. The van der Waals surface area contributed by atoms with Crippen LogP contribution in [0.3, 0.4) is 0 Å². The lowest BCUT2D eigenvalue weighted by Crippen LogP contribution is -2.11. The molecule has 246 valence electrons. The first-order valence-corrected chi connectivity index (χ1v) is 17.7. The fraction of sp³-hybridized carbons (Fsp3) is 0. The van der Waals surface area contributed by atoms with Crippen molar-refractivity contribution in [1.29, 1.82) is 0 Å². The molecular formula is C50H35NO. The van der Waals surface area contributed by atoms with E-state index in [9.17, 15) is 0 Å². The van der Waals surface area contributed by atoms with Gasteiger partial charge in [0.1, 0.15) is 11.3 Å². The minimum absolute atomic E-state index is 0.842. The molecule has 0 aliphatic heterocycles. The molecule has 0 amide bonds. The highest BCUT2D eigenvalue weighted by molar-refractivity contribution is 5.90. The van der Waals surface area contributed by atoms with E-state index in [-0.39, 0.29) is 0 Å². The fourth-order valence-corrected chi connectivity index (χ4v) is 7.04. The lowest BCUT2D eigenvalue weighted by molar-refractivity contribution is 0.631. The number of nitrogens with zero attached hydrogens (tertiary/aromatic N) is 1. The summed E-state index contributed by atoms with van der Waals surface area (Å²) >= 11 is 0. The Labute approximate surface area is 304 Å². The summed E-state index contributed by atoms with van der Waals surface area (Å²) in [7, 11) is 0. The van der Waals surface area contributed by atoms with Crippen molar-refractivity contribution in [2.75, 3.05) is 4.90 Å². The summed E-state index contributed by atoms with van der Waals surface area (Å²) in [6, 6.07) is 75.5. The van der Waals surface area contributed by atoms with Crippen LogP contribution in [0.15, 0.2) is 217 Å². The third-order valence-corrected chi connectivity index (χ3v) is 9.59. The van der Waals surface area contributed by atoms with Gasteiger partial charge in [0.25, 0.3) is 0 Å². The van der Waals surface area contributed by atoms with Crippen molar-refractivity contribution in [2.45, 2.75) is 0 Å². The molecule has 0 saturated heterocycles. The largest absolute Gasteiger partial charge is 0.456 e. The molecule has 1 aromatic heterocycles. The molecule has 0 N–H and O–H groups in total. The van der Waals surface area contributed by atoms with Crippen molar-refractivity contribution in [3.05, 3.63) is 212 Å². The number of hydrogen-bond donors (Lipinski definition) is 0. The van der Waals surface area contributed by atoms with Gasteiger partial charge in [0.15, 0.2) is 0 Å². The molecule has 2 heteroatoms. The lowest BCUT2D eigenvalue weighted by atomic mass is 9.95. The normalized spacial score (nSPS) is 11.1. The molecule has 0 saturated carbocycles. The maximum atomic E-state index is 6.39. The zero-order valence-electron chi connectivity index (χ0n) is 28.6. The fourth-order valence-electron chi connectivity index (χ4n) is 7.04. The van der Waals surface area contributed by atoms with Gasteiger partial charge in [-0.1, -0.05) is 152 Å². The molecule has 8 aromatic carbocycles. The van der Waals surface area contributed by atoms with Gasteiger partial charge >= 0.3 is 0 Å². The Balaban J connectivity index is 1.31. The van der Waals surface area contributed by atoms with Crippen molar-refractivity contribution in [3.63, 3.8) is 0 Å². The van der Waals surface area contributed by atoms with E-state index in [2.05, 4.69) is 199 Å². The zero-order chi connectivity index (χ0) is 34.7. The van der Waals surface area contributed by atoms with Crippen LogP contribution in [0.1, 0.15) is 0 Å². The summed E-state index contributed by atoms with van der Waals surface area (Å²) in [4.78, 5) is 2.39. The molecule has 1 heterocycles. The molecule has 9 rings (SSSR count). The molecule has 0 aliphatic carbocycles. The summed E-state index contributed by atoms with van der Waals surface area (Å²) in [6.45, 7) is 0. The van der Waals surface area contributed by atoms with Gasteiger partial charge in [0.05, 0.1) is 0 Å². The van der Waals surface area contributed by atoms with Gasteiger partial charge in [0.2, 0.25) is 0 Å². The topological polar surface area (TPSA) is 16.4 Å². The summed E-state index contributed by atoms with van der Waals surface area (Å²) in [5.41, 5.74) is 14.3. The number of para-hydroxylation sites is 1. The van der Waals surface area contributed by atoms with Crippen molar-refractivity contribution >= 4 is 28.0 Å². The van der Waals surface area contributed by atoms with Gasteiger partial charge in [-0.15, -0.1) is 0 Å². The summed E-state index contributed by atoms with van der Waals surface area (Å²) < 4.78 is 6.39. The van der Waals surface area contributed by atoms with E-state index in [4.69, 9.17) is 4.42 Å². The third-order valence-electron chi connectivity index (χ3n) is 9.59. The Morgan fingerprint density at radius 3 is 1.10 bits per heavy atom. The average Bonchev–Trinajstić information content (AvgIpc) is 3.67. The molecule has 2 nitrogen and oxygen atoms in total. The molecule has 52 heavy (non-hydrogen) atoms. The second kappa shape index (κ2) is 13.8. The highest BCUT2D eigenvalue weighted by Crippen LogP contribution is 2.43. The van der Waals surface area contributed by atoms with Crippen molar-refractivity contribution in [3.8, 4) is 55.8 Å². The molecule has 0 unspecified atom stereocenters. The number of fused-ring (bicyclic) bond motifs is 1. The number of rotatable bonds is 8. The van der Waals surface area contributed by atoms with Gasteiger partial charge in [-0.05, 0) is 105 Å². The number of hydrogen-bond acceptors (Lipinski definition) is 2. The van der Waals surface area contributed by atoms with Crippen LogP contribution in [0.4, 0.5) is 17.1 Å². The molecule has 0 atom stereocenters. The highest BCUT2D eigenvalue weighted by Gasteiger charge is 2.19. The van der Waals surface area contributed by atoms with Crippen LogP contribution in [0.5, 0.6) is 0 Å². The zero-order valence-corrected chi connectivity index (χ0v) is 28.6. The first-order valence-electron chi connectivity index (χ1n) is 17.7. The van der Waals surface area contributed by atoms with Gasteiger partial charge in [-0.2, -0.15) is 0 Å². The van der Waals surface area contributed by atoms with E-state index >= 15 is 0 Å². The first kappa shape index (κ1) is 31.1. The van der Waals surface area contributed by atoms with Gasteiger partial charge in [-0.3, -0.25) is 0 Å². The Hall–Kier alpha value is -6.90. The first-order chi connectivity index (χ1) is 25.7. The minimum atomic E-state index is 0.842. The summed E-state index contributed by atoms with van der Waals surface area (Å²) in [5.74, 6) is 0.842. The SMILES string of the molecule is c1ccc(-c2cc(-c3ccccc3)cc(N(c3cc(-c4ccccc4)cc(-c4ccccc4)c3)c3cccc(-c4cc5ccccc5o4)c3)c2)cc1. The highest BCUT2D eigenvalue weighted by atomic mass is 16.3. The minimum Gasteiger partial charge on any atom is -0.456 e. The molecule has 0 spiro atoms. The second-order valence-electron chi connectivity index (χ2n) is 13.0. The van der Waals surface area contributed by atoms with Gasteiger partial charge < -0.3 is 9.32 Å². The van der Waals surface area contributed by atoms with Crippen LogP contribution < -0.4 is 4.90 Å². The standard InChI is InChI=1S/C50H35NO/c1-5-16-36(17-6-1)42-28-43(37-18-7-2-8-19-37)32-47(31-42)51(46-26-15-25-40(30-46)50-35-41-24-13-14-27-49(41)52-50)48-33-44(38-20-9-3-10-21-38)29-45(34-48)39-22-11-4-12-23-39/h1-35H. The van der Waals surface area contributed by atoms with Gasteiger partial charge in [0, 0.05) is 28.0 Å². The van der Waals surface area contributed by atoms with Crippen LogP contribution in [-0.4, -0.2) is 0 Å². The van der Waals surface area contributed by atoms with Crippen molar-refractivity contribution in [2.24, 2.45) is 0 Å². The maximum absolute atomic E-state index is 6.39. The van der Waals surface area contributed by atoms with E-state index in [1.807, 2.05) is 18.2 Å². The number of benzene rings is 8. The van der Waals surface area contributed by atoms with E-state index < -0.39 is 0 Å². The van der Waals surface area contributed by atoms with E-state index in [1.54, 1.807) is 0 Å². The number of anilines is 3. The quantitative estimate of drug-likeness (QED) is 0.161. The van der Waals surface area contributed by atoms with E-state index in [1.165, 1.54) is 22.3 Å². The molecule has 0 radical (unpaired) electrons. The molecule has 9 aromatic rings. The van der Waals surface area contributed by atoms with Crippen LogP contribution in [0.25, 0.3) is 66.8 Å². The Bertz CT molecular complexity index is 2330. The van der Waals surface area contributed by atoms with Gasteiger partial charge in [-0.25, -0.2) is 0 Å². The summed E-state index contributed by atoms with van der Waals surface area (Å²) in [5, 5.41) is 1.09. The lowest BCUT2D eigenvalue weighted by Gasteiger charge is -2.28. The smallest absolute Gasteiger partial charge is 0.135 e. The van der Waals surface area contributed by atoms with Crippen LogP contribution in [-0.2, 0) is 0 Å². The molecule has 0 bridgehead atoms. The molecular weight excluding hydrogens is 631 g/mol. The average molecular weight is 666 g/mol. The Morgan fingerprint density at radius 1 is 0.269 bits per heavy atom. The van der Waals surface area contributed by atoms with Crippen LogP contribution in [0.2, 0.25) is 0 Å². The maximum Gasteiger partial charge on any atom is 0.135 e. The molecule has 0 fully saturated rings. The monoisotopic (exact) mass is 665 g/mol. The third kappa shape index (κ3) is 6.30. The predicted octanol–water partition coefficient (Wildman–Crippen LogP) is 14.2. The van der Waals surface area contributed by atoms with Crippen LogP contribution in [0, 0.1) is 0 Å². The van der Waals surface area contributed by atoms with E-state index in [0.29, 0.717) is 0 Å². The number of furan rings is 1. The second-order valence-corrected chi connectivity index (χ2v) is 13.0. The van der Waals surface area contributed by atoms with Crippen LogP contribution >= 0.6 is 0 Å². The predicted molar refractivity (Wildman–Crippen MR) is 218 cm³/mol.